The lowest BCUT2D eigenvalue weighted by Gasteiger charge is -2.16. The number of ether oxygens (including phenoxy) is 3. The zero-order valence-corrected chi connectivity index (χ0v) is 21.4. The number of esters is 1. The summed E-state index contributed by atoms with van der Waals surface area (Å²) >= 11 is 0. The third-order valence-corrected chi connectivity index (χ3v) is 5.92. The highest BCUT2D eigenvalue weighted by atomic mass is 16.5. The van der Waals surface area contributed by atoms with E-state index in [1.807, 2.05) is 6.92 Å². The summed E-state index contributed by atoms with van der Waals surface area (Å²) < 4.78 is 17.9. The van der Waals surface area contributed by atoms with Crippen molar-refractivity contribution < 1.29 is 23.8 Å². The second-order valence-electron chi connectivity index (χ2n) is 8.42. The lowest BCUT2D eigenvalue weighted by molar-refractivity contribution is -0.116. The molecule has 0 aliphatic carbocycles. The van der Waals surface area contributed by atoms with E-state index in [0.29, 0.717) is 28.4 Å². The molecular weight excluding hydrogens is 490 g/mol. The Labute approximate surface area is 218 Å². The van der Waals surface area contributed by atoms with E-state index in [1.165, 1.54) is 43.1 Å². The number of hydrogen-bond acceptors (Lipinski definition) is 7. The van der Waals surface area contributed by atoms with Gasteiger partial charge >= 0.3 is 11.7 Å². The van der Waals surface area contributed by atoms with Crippen molar-refractivity contribution in [3.63, 3.8) is 0 Å². The van der Waals surface area contributed by atoms with Crippen molar-refractivity contribution in [2.75, 3.05) is 26.1 Å². The van der Waals surface area contributed by atoms with E-state index in [1.54, 1.807) is 43.3 Å². The number of nitrogens with one attached hydrogen (secondary N) is 1. The van der Waals surface area contributed by atoms with Gasteiger partial charge in [-0.3, -0.25) is 14.2 Å². The fraction of sp³-hybridized carbons (Fsp3) is 0.214. The van der Waals surface area contributed by atoms with Crippen LogP contribution in [0.4, 0.5) is 5.69 Å². The number of rotatable bonds is 8. The molecule has 1 heterocycles. The Morgan fingerprint density at radius 3 is 2.13 bits per heavy atom. The highest BCUT2D eigenvalue weighted by Crippen LogP contribution is 2.30. The van der Waals surface area contributed by atoms with Crippen LogP contribution < -0.4 is 26.0 Å². The number of carbonyl (C=O) groups excluding carboxylic acids is 2. The zero-order valence-electron chi connectivity index (χ0n) is 21.4. The summed E-state index contributed by atoms with van der Waals surface area (Å²) in [5, 5.41) is 2.89. The van der Waals surface area contributed by atoms with Gasteiger partial charge in [-0.05, 0) is 56.3 Å². The van der Waals surface area contributed by atoms with Crippen molar-refractivity contribution in [2.24, 2.45) is 0 Å². The monoisotopic (exact) mass is 517 g/mol. The largest absolute Gasteiger partial charge is 0.493 e. The minimum absolute atomic E-state index is 0.175. The van der Waals surface area contributed by atoms with Gasteiger partial charge in [0.2, 0.25) is 5.91 Å². The molecule has 10 nitrogen and oxygen atoms in total. The normalized spacial score (nSPS) is 10.7. The highest BCUT2D eigenvalue weighted by molar-refractivity contribution is 5.94. The maximum atomic E-state index is 13.6. The predicted octanol–water partition coefficient (Wildman–Crippen LogP) is 3.29. The number of anilines is 1. The molecule has 1 N–H and O–H groups in total. The number of methoxy groups -OCH3 is 2. The Bertz CT molecular complexity index is 1620. The third kappa shape index (κ3) is 5.15. The summed E-state index contributed by atoms with van der Waals surface area (Å²) in [6.07, 6.45) is 0. The summed E-state index contributed by atoms with van der Waals surface area (Å²) in [5.41, 5.74) is 1.07. The maximum absolute atomic E-state index is 13.6. The number of fused-ring (bicyclic) bond motifs is 1. The number of benzene rings is 3. The lowest BCUT2D eigenvalue weighted by atomic mass is 10.2. The third-order valence-electron chi connectivity index (χ3n) is 5.92. The Balaban J connectivity index is 1.79. The fourth-order valence-electron chi connectivity index (χ4n) is 4.02. The Morgan fingerprint density at radius 1 is 0.895 bits per heavy atom. The minimum atomic E-state index is -0.689. The van der Waals surface area contributed by atoms with Gasteiger partial charge in [-0.1, -0.05) is 17.7 Å². The molecule has 196 valence electrons. The first-order valence-corrected chi connectivity index (χ1v) is 11.8. The van der Waals surface area contributed by atoms with Crippen LogP contribution in [0.25, 0.3) is 16.6 Å². The maximum Gasteiger partial charge on any atom is 0.338 e. The summed E-state index contributed by atoms with van der Waals surface area (Å²) in [7, 11) is 2.88. The molecule has 10 heteroatoms. The van der Waals surface area contributed by atoms with E-state index in [-0.39, 0.29) is 17.5 Å². The van der Waals surface area contributed by atoms with Crippen LogP contribution in [0.1, 0.15) is 22.8 Å². The topological polar surface area (TPSA) is 118 Å². The van der Waals surface area contributed by atoms with Gasteiger partial charge < -0.3 is 19.5 Å². The second-order valence-corrected chi connectivity index (χ2v) is 8.42. The van der Waals surface area contributed by atoms with Crippen LogP contribution in [0.2, 0.25) is 0 Å². The highest BCUT2D eigenvalue weighted by Gasteiger charge is 2.20. The van der Waals surface area contributed by atoms with Gasteiger partial charge in [-0.25, -0.2) is 14.2 Å². The van der Waals surface area contributed by atoms with Crippen LogP contribution in [-0.2, 0) is 16.1 Å². The van der Waals surface area contributed by atoms with E-state index in [9.17, 15) is 19.2 Å². The number of aromatic nitrogens is 2. The predicted molar refractivity (Wildman–Crippen MR) is 143 cm³/mol. The Morgan fingerprint density at radius 2 is 1.53 bits per heavy atom. The molecule has 0 fully saturated rings. The summed E-state index contributed by atoms with van der Waals surface area (Å²) in [4.78, 5) is 52.0. The molecule has 0 saturated carbocycles. The molecule has 1 amide bonds. The average molecular weight is 518 g/mol. The molecule has 0 aliphatic rings. The van der Waals surface area contributed by atoms with Gasteiger partial charge in [-0.15, -0.1) is 0 Å². The van der Waals surface area contributed by atoms with Crippen molar-refractivity contribution in [3.8, 4) is 17.2 Å². The lowest BCUT2D eigenvalue weighted by Crippen LogP contribution is -2.40. The van der Waals surface area contributed by atoms with Crippen molar-refractivity contribution in [3.05, 3.63) is 92.6 Å². The number of carbonyl (C=O) groups is 2. The average Bonchev–Trinajstić information content (AvgIpc) is 2.92. The molecular formula is C28H27N3O7. The molecule has 3 aromatic carbocycles. The quantitative estimate of drug-likeness (QED) is 0.356. The molecule has 0 aliphatic heterocycles. The molecule has 0 unspecified atom stereocenters. The fourth-order valence-corrected chi connectivity index (χ4v) is 4.02. The van der Waals surface area contributed by atoms with Gasteiger partial charge in [-0.2, -0.15) is 0 Å². The molecule has 1 aromatic heterocycles. The van der Waals surface area contributed by atoms with Gasteiger partial charge in [0.15, 0.2) is 11.5 Å². The number of amides is 1. The second kappa shape index (κ2) is 11.0. The first kappa shape index (κ1) is 26.2. The molecule has 38 heavy (non-hydrogen) atoms. The zero-order chi connectivity index (χ0) is 27.4. The van der Waals surface area contributed by atoms with Crippen LogP contribution in [0.15, 0.2) is 70.3 Å². The van der Waals surface area contributed by atoms with Gasteiger partial charge in [0.25, 0.3) is 5.56 Å². The number of hydrogen-bond donors (Lipinski definition) is 1. The molecule has 4 aromatic rings. The number of aryl methyl sites for hydroxylation is 1. The smallest absolute Gasteiger partial charge is 0.338 e. The van der Waals surface area contributed by atoms with Crippen molar-refractivity contribution >= 4 is 28.5 Å². The molecule has 0 bridgehead atoms. The first-order valence-electron chi connectivity index (χ1n) is 11.8. The van der Waals surface area contributed by atoms with Gasteiger partial charge in [0, 0.05) is 11.8 Å². The van der Waals surface area contributed by atoms with Crippen LogP contribution in [0.5, 0.6) is 11.5 Å². The van der Waals surface area contributed by atoms with E-state index in [4.69, 9.17) is 14.2 Å². The van der Waals surface area contributed by atoms with Crippen LogP contribution in [0, 0.1) is 6.92 Å². The molecule has 0 spiro atoms. The Kier molecular flexibility index (Phi) is 7.61. The summed E-state index contributed by atoms with van der Waals surface area (Å²) in [6, 6.07) is 16.1. The number of nitrogens with zero attached hydrogens (tertiary/aromatic N) is 2. The van der Waals surface area contributed by atoms with E-state index in [2.05, 4.69) is 5.32 Å². The molecule has 0 radical (unpaired) electrons. The van der Waals surface area contributed by atoms with Crippen molar-refractivity contribution in [1.82, 2.24) is 9.13 Å². The summed E-state index contributed by atoms with van der Waals surface area (Å²) in [5.74, 6) is -0.369. The van der Waals surface area contributed by atoms with Crippen LogP contribution in [-0.4, -0.2) is 41.8 Å². The Hall–Kier alpha value is -4.86. The van der Waals surface area contributed by atoms with Crippen molar-refractivity contribution in [2.45, 2.75) is 20.4 Å². The first-order chi connectivity index (χ1) is 18.3. The minimum Gasteiger partial charge on any atom is -0.493 e. The summed E-state index contributed by atoms with van der Waals surface area (Å²) in [6.45, 7) is 3.47. The molecule has 4 rings (SSSR count). The standard InChI is InChI=1S/C28H27N3O7/c1-5-38-27(34)18-8-10-19(11-9-18)29-25(32)16-30-22-15-24(37-4)23(36-3)14-21(22)26(33)31(28(30)35)20-12-6-17(2)7-13-20/h6-15H,5,16H2,1-4H3,(H,29,32). The SMILES string of the molecule is CCOC(=O)c1ccc(NC(=O)Cn2c(=O)n(-c3ccc(C)cc3)c(=O)c3cc(OC)c(OC)cc32)cc1. The van der Waals surface area contributed by atoms with E-state index in [0.717, 1.165) is 10.1 Å². The van der Waals surface area contributed by atoms with E-state index >= 15 is 0 Å². The van der Waals surface area contributed by atoms with Crippen LogP contribution in [0.3, 0.4) is 0 Å². The van der Waals surface area contributed by atoms with Gasteiger partial charge in [0.05, 0.1) is 43.0 Å². The molecule has 0 saturated heterocycles. The molecule has 0 atom stereocenters. The van der Waals surface area contributed by atoms with E-state index < -0.39 is 29.7 Å². The van der Waals surface area contributed by atoms with Crippen molar-refractivity contribution in [1.29, 1.82) is 0 Å². The van der Waals surface area contributed by atoms with Crippen LogP contribution >= 0.6 is 0 Å². The van der Waals surface area contributed by atoms with Gasteiger partial charge in [0.1, 0.15) is 6.54 Å².